The van der Waals surface area contributed by atoms with Crippen molar-refractivity contribution in [3.63, 3.8) is 0 Å². The summed E-state index contributed by atoms with van der Waals surface area (Å²) in [6.45, 7) is 0.447. The maximum Gasteiger partial charge on any atom is 0.293 e. The highest BCUT2D eigenvalue weighted by Crippen LogP contribution is 2.32. The first-order valence-electron chi connectivity index (χ1n) is 8.48. The minimum atomic E-state index is -0.329. The minimum Gasteiger partial charge on any atom is -0.354 e. The molecule has 1 aliphatic heterocycles. The number of amides is 3. The van der Waals surface area contributed by atoms with Gasteiger partial charge in [0, 0.05) is 24.0 Å². The van der Waals surface area contributed by atoms with Crippen molar-refractivity contribution in [1.82, 2.24) is 10.2 Å². The predicted octanol–water partition coefficient (Wildman–Crippen LogP) is 3.85. The van der Waals surface area contributed by atoms with Crippen LogP contribution in [0, 0.1) is 5.92 Å². The van der Waals surface area contributed by atoms with Crippen molar-refractivity contribution in [3.8, 4) is 0 Å². The zero-order valence-electron chi connectivity index (χ0n) is 14.1. The number of halogens is 1. The molecule has 1 atom stereocenters. The molecule has 3 rings (SSSR count). The van der Waals surface area contributed by atoms with Gasteiger partial charge < -0.3 is 5.32 Å². The summed E-state index contributed by atoms with van der Waals surface area (Å²) in [6, 6.07) is 7.03. The van der Waals surface area contributed by atoms with Crippen LogP contribution >= 0.6 is 23.4 Å². The van der Waals surface area contributed by atoms with Crippen molar-refractivity contribution in [2.24, 2.45) is 5.92 Å². The Morgan fingerprint density at radius 3 is 2.73 bits per heavy atom. The molecular formula is C19H19ClN2O3S. The van der Waals surface area contributed by atoms with Gasteiger partial charge in [-0.25, -0.2) is 0 Å². The van der Waals surface area contributed by atoms with Gasteiger partial charge in [0.1, 0.15) is 0 Å². The van der Waals surface area contributed by atoms with E-state index in [4.69, 9.17) is 11.6 Å². The van der Waals surface area contributed by atoms with Crippen molar-refractivity contribution in [2.45, 2.75) is 19.3 Å². The molecule has 0 saturated carbocycles. The number of thioether (sulfide) groups is 1. The molecule has 1 heterocycles. The molecule has 1 saturated heterocycles. The molecule has 1 aromatic carbocycles. The van der Waals surface area contributed by atoms with Crippen molar-refractivity contribution < 1.29 is 14.4 Å². The van der Waals surface area contributed by atoms with Gasteiger partial charge in [-0.2, -0.15) is 0 Å². The van der Waals surface area contributed by atoms with Crippen LogP contribution in [-0.2, 0) is 9.59 Å². The third-order valence-corrected chi connectivity index (χ3v) is 5.48. The number of allylic oxidation sites excluding steroid dienone is 2. The quantitative estimate of drug-likeness (QED) is 0.612. The van der Waals surface area contributed by atoms with E-state index in [9.17, 15) is 14.4 Å². The molecule has 0 bridgehead atoms. The molecule has 1 N–H and O–H groups in total. The first-order valence-corrected chi connectivity index (χ1v) is 9.67. The second-order valence-electron chi connectivity index (χ2n) is 6.16. The summed E-state index contributed by atoms with van der Waals surface area (Å²) in [5, 5.41) is 3.12. The van der Waals surface area contributed by atoms with Crippen LogP contribution in [0.2, 0.25) is 5.02 Å². The van der Waals surface area contributed by atoms with E-state index in [0.717, 1.165) is 36.6 Å². The van der Waals surface area contributed by atoms with E-state index in [1.165, 1.54) is 4.90 Å². The molecule has 2 aliphatic rings. The average Bonchev–Trinajstić information content (AvgIpc) is 2.91. The standard InChI is InChI=1S/C19H19ClN2O3S/c20-15-8-6-13(7-9-15)12-16-18(24)22(19(25)26-16)11-10-21-17(23)14-4-2-1-3-5-14/h1-2,6-9,12,14H,3-5,10-11H2,(H,21,23)/b16-12+/t14-/m0/s1. The molecule has 5 nitrogen and oxygen atoms in total. The highest BCUT2D eigenvalue weighted by Gasteiger charge is 2.34. The number of nitrogens with zero attached hydrogens (tertiary/aromatic N) is 1. The lowest BCUT2D eigenvalue weighted by Gasteiger charge is -2.18. The van der Waals surface area contributed by atoms with Gasteiger partial charge in [-0.15, -0.1) is 0 Å². The van der Waals surface area contributed by atoms with E-state index < -0.39 is 0 Å². The molecule has 0 unspecified atom stereocenters. The van der Waals surface area contributed by atoms with Crippen LogP contribution in [0.1, 0.15) is 24.8 Å². The van der Waals surface area contributed by atoms with E-state index in [1.807, 2.05) is 6.08 Å². The van der Waals surface area contributed by atoms with Crippen LogP contribution in [0.5, 0.6) is 0 Å². The van der Waals surface area contributed by atoms with E-state index in [-0.39, 0.29) is 36.1 Å². The lowest BCUT2D eigenvalue weighted by atomic mass is 9.94. The van der Waals surface area contributed by atoms with Crippen LogP contribution in [0.4, 0.5) is 4.79 Å². The molecule has 0 radical (unpaired) electrons. The Balaban J connectivity index is 1.54. The van der Waals surface area contributed by atoms with Gasteiger partial charge in [-0.1, -0.05) is 35.9 Å². The predicted molar refractivity (Wildman–Crippen MR) is 104 cm³/mol. The maximum atomic E-state index is 12.4. The Bertz CT molecular complexity index is 773. The third-order valence-electron chi connectivity index (χ3n) is 4.32. The van der Waals surface area contributed by atoms with Crippen LogP contribution in [0.3, 0.4) is 0 Å². The fourth-order valence-electron chi connectivity index (χ4n) is 2.87. The first kappa shape index (κ1) is 18.7. The normalized spacial score (nSPS) is 21.5. The monoisotopic (exact) mass is 390 g/mol. The van der Waals surface area contributed by atoms with Gasteiger partial charge in [0.25, 0.3) is 11.1 Å². The van der Waals surface area contributed by atoms with E-state index >= 15 is 0 Å². The summed E-state index contributed by atoms with van der Waals surface area (Å²) in [6.07, 6.45) is 8.28. The van der Waals surface area contributed by atoms with Crippen molar-refractivity contribution in [1.29, 1.82) is 0 Å². The van der Waals surface area contributed by atoms with E-state index in [2.05, 4.69) is 11.4 Å². The molecule has 3 amide bonds. The summed E-state index contributed by atoms with van der Waals surface area (Å²) in [7, 11) is 0. The molecule has 0 spiro atoms. The molecule has 0 aromatic heterocycles. The number of rotatable bonds is 5. The number of carbonyl (C=O) groups excluding carboxylic acids is 3. The molecule has 7 heteroatoms. The maximum absolute atomic E-state index is 12.4. The highest BCUT2D eigenvalue weighted by atomic mass is 35.5. The topological polar surface area (TPSA) is 66.5 Å². The highest BCUT2D eigenvalue weighted by molar-refractivity contribution is 8.18. The van der Waals surface area contributed by atoms with Gasteiger partial charge >= 0.3 is 0 Å². The molecule has 1 aliphatic carbocycles. The summed E-state index contributed by atoms with van der Waals surface area (Å²) in [5.41, 5.74) is 0.804. The average molecular weight is 391 g/mol. The lowest BCUT2D eigenvalue weighted by molar-refractivity contribution is -0.126. The Morgan fingerprint density at radius 2 is 2.04 bits per heavy atom. The molecular weight excluding hydrogens is 372 g/mol. The van der Waals surface area contributed by atoms with Crippen LogP contribution in [-0.4, -0.2) is 35.0 Å². The lowest BCUT2D eigenvalue weighted by Crippen LogP contribution is -2.39. The summed E-state index contributed by atoms with van der Waals surface area (Å²) in [4.78, 5) is 38.2. The Morgan fingerprint density at radius 1 is 1.27 bits per heavy atom. The Kier molecular flexibility index (Phi) is 6.16. The molecule has 136 valence electrons. The first-order chi connectivity index (χ1) is 12.5. The van der Waals surface area contributed by atoms with Gasteiger partial charge in [0.05, 0.1) is 4.91 Å². The van der Waals surface area contributed by atoms with Gasteiger partial charge in [0.15, 0.2) is 0 Å². The van der Waals surface area contributed by atoms with Crippen molar-refractivity contribution in [3.05, 3.63) is 51.9 Å². The van der Waals surface area contributed by atoms with Crippen LogP contribution in [0.15, 0.2) is 41.3 Å². The smallest absolute Gasteiger partial charge is 0.293 e. The fraction of sp³-hybridized carbons (Fsp3) is 0.316. The third kappa shape index (κ3) is 4.56. The van der Waals surface area contributed by atoms with Crippen molar-refractivity contribution in [2.75, 3.05) is 13.1 Å². The van der Waals surface area contributed by atoms with Gasteiger partial charge in [-0.3, -0.25) is 19.3 Å². The Hall–Kier alpha value is -2.05. The number of benzene rings is 1. The SMILES string of the molecule is O=C(NCCN1C(=O)S/C(=C/c2ccc(Cl)cc2)C1=O)[C@H]1CC=CCC1. The molecule has 26 heavy (non-hydrogen) atoms. The zero-order valence-corrected chi connectivity index (χ0v) is 15.7. The summed E-state index contributed by atoms with van der Waals surface area (Å²) < 4.78 is 0. The van der Waals surface area contributed by atoms with Crippen LogP contribution < -0.4 is 5.32 Å². The largest absolute Gasteiger partial charge is 0.354 e. The number of imide groups is 1. The summed E-state index contributed by atoms with van der Waals surface area (Å²) >= 11 is 6.76. The minimum absolute atomic E-state index is 0.0142. The van der Waals surface area contributed by atoms with Gasteiger partial charge in [0.2, 0.25) is 5.91 Å². The number of hydrogen-bond donors (Lipinski definition) is 1. The van der Waals surface area contributed by atoms with Crippen molar-refractivity contribution >= 4 is 46.5 Å². The molecule has 1 aromatic rings. The zero-order chi connectivity index (χ0) is 18.5. The van der Waals surface area contributed by atoms with E-state index in [1.54, 1.807) is 30.3 Å². The second-order valence-corrected chi connectivity index (χ2v) is 7.59. The fourth-order valence-corrected chi connectivity index (χ4v) is 3.86. The molecule has 1 fully saturated rings. The van der Waals surface area contributed by atoms with E-state index in [0.29, 0.717) is 9.93 Å². The summed E-state index contributed by atoms with van der Waals surface area (Å²) in [5.74, 6) is -0.359. The number of nitrogens with one attached hydrogen (secondary N) is 1. The Labute approximate surface area is 161 Å². The van der Waals surface area contributed by atoms with Gasteiger partial charge in [-0.05, 0) is 54.8 Å². The number of hydrogen-bond acceptors (Lipinski definition) is 4. The second kappa shape index (κ2) is 8.56. The number of carbonyl (C=O) groups is 3. The van der Waals surface area contributed by atoms with Crippen LogP contribution in [0.25, 0.3) is 6.08 Å².